The van der Waals surface area contributed by atoms with Gasteiger partial charge in [0.1, 0.15) is 0 Å². The second kappa shape index (κ2) is 4.77. The van der Waals surface area contributed by atoms with Crippen LogP contribution in [0.25, 0.3) is 0 Å². The zero-order valence-corrected chi connectivity index (χ0v) is 9.84. The van der Waals surface area contributed by atoms with Crippen molar-refractivity contribution in [3.63, 3.8) is 0 Å². The molecule has 0 atom stereocenters. The maximum Gasteiger partial charge on any atom is 0.184 e. The van der Waals surface area contributed by atoms with Crippen molar-refractivity contribution in [1.29, 1.82) is 0 Å². The first kappa shape index (κ1) is 12.2. The van der Waals surface area contributed by atoms with Gasteiger partial charge >= 0.3 is 0 Å². The summed E-state index contributed by atoms with van der Waals surface area (Å²) in [5.74, 6) is -0.0712. The van der Waals surface area contributed by atoms with Gasteiger partial charge in [0.05, 0.1) is 10.6 Å². The van der Waals surface area contributed by atoms with Gasteiger partial charge in [0, 0.05) is 5.56 Å². The molecule has 0 heterocycles. The summed E-state index contributed by atoms with van der Waals surface area (Å²) in [6.45, 7) is 3.83. The van der Waals surface area contributed by atoms with Gasteiger partial charge in [0.2, 0.25) is 0 Å². The average molecular weight is 226 g/mol. The molecule has 1 aromatic carbocycles. The molecule has 3 heteroatoms. The van der Waals surface area contributed by atoms with Gasteiger partial charge in [-0.2, -0.15) is 0 Å². The van der Waals surface area contributed by atoms with E-state index in [9.17, 15) is 4.79 Å². The molecular weight excluding hydrogens is 210 g/mol. The molecule has 0 spiro atoms. The van der Waals surface area contributed by atoms with Crippen LogP contribution in [0.4, 0.5) is 0 Å². The maximum absolute atomic E-state index is 12.1. The van der Waals surface area contributed by atoms with Crippen molar-refractivity contribution >= 4 is 17.4 Å². The van der Waals surface area contributed by atoms with Gasteiger partial charge < -0.3 is 5.73 Å². The second-order valence-corrected chi connectivity index (χ2v) is 4.08. The number of hydrogen-bond acceptors (Lipinski definition) is 2. The smallest absolute Gasteiger partial charge is 0.184 e. The predicted octanol–water partition coefficient (Wildman–Crippen LogP) is 3.04. The lowest BCUT2D eigenvalue weighted by Crippen LogP contribution is -2.46. The molecule has 2 nitrogen and oxygen atoms in total. The lowest BCUT2D eigenvalue weighted by Gasteiger charge is -2.25. The number of benzene rings is 1. The van der Waals surface area contributed by atoms with Crippen molar-refractivity contribution in [1.82, 2.24) is 0 Å². The SMILES string of the molecule is CCC(N)(CC)C(=O)c1ccccc1Cl. The average Bonchev–Trinajstić information content (AvgIpc) is 2.28. The molecule has 1 rings (SSSR count). The van der Waals surface area contributed by atoms with E-state index in [0.29, 0.717) is 23.4 Å². The van der Waals surface area contributed by atoms with E-state index in [2.05, 4.69) is 0 Å². The molecule has 0 aliphatic rings. The number of hydrogen-bond donors (Lipinski definition) is 1. The minimum Gasteiger partial charge on any atom is -0.319 e. The van der Waals surface area contributed by atoms with E-state index in [-0.39, 0.29) is 5.78 Å². The summed E-state index contributed by atoms with van der Waals surface area (Å²) in [6.07, 6.45) is 1.24. The third kappa shape index (κ3) is 2.39. The number of rotatable bonds is 4. The summed E-state index contributed by atoms with van der Waals surface area (Å²) < 4.78 is 0. The molecule has 1 aromatic rings. The van der Waals surface area contributed by atoms with Gasteiger partial charge in [-0.25, -0.2) is 0 Å². The molecule has 15 heavy (non-hydrogen) atoms. The van der Waals surface area contributed by atoms with Crippen LogP contribution in [0.3, 0.4) is 0 Å². The highest BCUT2D eigenvalue weighted by Crippen LogP contribution is 2.23. The fraction of sp³-hybridized carbons (Fsp3) is 0.417. The summed E-state index contributed by atoms with van der Waals surface area (Å²) >= 11 is 5.96. The van der Waals surface area contributed by atoms with Crippen LogP contribution in [0.15, 0.2) is 24.3 Å². The van der Waals surface area contributed by atoms with Crippen molar-refractivity contribution in [2.75, 3.05) is 0 Å². The van der Waals surface area contributed by atoms with E-state index in [4.69, 9.17) is 17.3 Å². The zero-order chi connectivity index (χ0) is 11.5. The Hall–Kier alpha value is -0.860. The van der Waals surface area contributed by atoms with Crippen LogP contribution in [-0.2, 0) is 0 Å². The van der Waals surface area contributed by atoms with Crippen LogP contribution in [0.5, 0.6) is 0 Å². The Morgan fingerprint density at radius 3 is 2.33 bits per heavy atom. The Morgan fingerprint density at radius 1 is 1.33 bits per heavy atom. The Bertz CT molecular complexity index is 358. The summed E-state index contributed by atoms with van der Waals surface area (Å²) in [4.78, 5) is 12.1. The fourth-order valence-electron chi connectivity index (χ4n) is 1.48. The summed E-state index contributed by atoms with van der Waals surface area (Å²) in [5.41, 5.74) is 5.76. The predicted molar refractivity (Wildman–Crippen MR) is 63.3 cm³/mol. The van der Waals surface area contributed by atoms with Gasteiger partial charge in [-0.05, 0) is 25.0 Å². The fourth-order valence-corrected chi connectivity index (χ4v) is 1.71. The molecule has 0 saturated carbocycles. The first-order chi connectivity index (χ1) is 7.05. The van der Waals surface area contributed by atoms with Gasteiger partial charge in [-0.3, -0.25) is 4.79 Å². The number of carbonyl (C=O) groups excluding carboxylic acids is 1. The molecule has 0 amide bonds. The number of Topliss-reactive ketones (excluding diaryl/α,β-unsaturated/α-hetero) is 1. The van der Waals surface area contributed by atoms with Crippen molar-refractivity contribution in [2.24, 2.45) is 5.73 Å². The highest BCUT2D eigenvalue weighted by atomic mass is 35.5. The Balaban J connectivity index is 3.09. The first-order valence-corrected chi connectivity index (χ1v) is 5.51. The standard InChI is InChI=1S/C12H16ClNO/c1-3-12(14,4-2)11(15)9-7-5-6-8-10(9)13/h5-8H,3-4,14H2,1-2H3. The highest BCUT2D eigenvalue weighted by Gasteiger charge is 2.31. The normalized spacial score (nSPS) is 11.5. The monoisotopic (exact) mass is 225 g/mol. The number of carbonyl (C=O) groups is 1. The van der Waals surface area contributed by atoms with Crippen LogP contribution in [-0.4, -0.2) is 11.3 Å². The van der Waals surface area contributed by atoms with Gasteiger partial charge in [0.25, 0.3) is 0 Å². The van der Waals surface area contributed by atoms with Crippen LogP contribution in [0.2, 0.25) is 5.02 Å². The molecule has 0 radical (unpaired) electrons. The Morgan fingerprint density at radius 2 is 1.87 bits per heavy atom. The molecular formula is C12H16ClNO. The molecule has 0 fully saturated rings. The van der Waals surface area contributed by atoms with Crippen LogP contribution in [0, 0.1) is 0 Å². The molecule has 0 aliphatic heterocycles. The van der Waals surface area contributed by atoms with E-state index in [1.165, 1.54) is 0 Å². The Kier molecular flexibility index (Phi) is 3.89. The summed E-state index contributed by atoms with van der Waals surface area (Å²) in [5, 5.41) is 0.472. The van der Waals surface area contributed by atoms with E-state index < -0.39 is 5.54 Å². The van der Waals surface area contributed by atoms with Gasteiger partial charge in [0.15, 0.2) is 5.78 Å². The van der Waals surface area contributed by atoms with E-state index in [1.807, 2.05) is 13.8 Å². The minimum atomic E-state index is -0.787. The number of nitrogens with two attached hydrogens (primary N) is 1. The maximum atomic E-state index is 12.1. The van der Waals surface area contributed by atoms with Crippen molar-refractivity contribution in [2.45, 2.75) is 32.2 Å². The van der Waals surface area contributed by atoms with E-state index >= 15 is 0 Å². The minimum absolute atomic E-state index is 0.0712. The lowest BCUT2D eigenvalue weighted by atomic mass is 9.85. The van der Waals surface area contributed by atoms with Gasteiger partial charge in [-0.1, -0.05) is 37.6 Å². The molecule has 0 unspecified atom stereocenters. The van der Waals surface area contributed by atoms with E-state index in [1.54, 1.807) is 24.3 Å². The Labute approximate surface area is 95.4 Å². The van der Waals surface area contributed by atoms with Crippen LogP contribution >= 0.6 is 11.6 Å². The largest absolute Gasteiger partial charge is 0.319 e. The molecule has 0 aromatic heterocycles. The van der Waals surface area contributed by atoms with Crippen molar-refractivity contribution in [3.8, 4) is 0 Å². The zero-order valence-electron chi connectivity index (χ0n) is 9.09. The molecule has 2 N–H and O–H groups in total. The molecule has 0 aliphatic carbocycles. The summed E-state index contributed by atoms with van der Waals surface area (Å²) in [7, 11) is 0. The highest BCUT2D eigenvalue weighted by molar-refractivity contribution is 6.34. The van der Waals surface area contributed by atoms with Gasteiger partial charge in [-0.15, -0.1) is 0 Å². The topological polar surface area (TPSA) is 43.1 Å². The van der Waals surface area contributed by atoms with Crippen LogP contribution in [0.1, 0.15) is 37.0 Å². The summed E-state index contributed by atoms with van der Waals surface area (Å²) in [6, 6.07) is 7.03. The third-order valence-corrected chi connectivity index (χ3v) is 3.16. The number of ketones is 1. The van der Waals surface area contributed by atoms with Crippen molar-refractivity contribution in [3.05, 3.63) is 34.9 Å². The quantitative estimate of drug-likeness (QED) is 0.801. The van der Waals surface area contributed by atoms with Crippen LogP contribution < -0.4 is 5.73 Å². The second-order valence-electron chi connectivity index (χ2n) is 3.67. The number of halogens is 1. The van der Waals surface area contributed by atoms with Crippen molar-refractivity contribution < 1.29 is 4.79 Å². The molecule has 0 bridgehead atoms. The van der Waals surface area contributed by atoms with E-state index in [0.717, 1.165) is 0 Å². The molecule has 82 valence electrons. The lowest BCUT2D eigenvalue weighted by molar-refractivity contribution is 0.0879. The first-order valence-electron chi connectivity index (χ1n) is 5.13. The third-order valence-electron chi connectivity index (χ3n) is 2.83. The molecule has 0 saturated heterocycles.